The van der Waals surface area contributed by atoms with Gasteiger partial charge in [0.25, 0.3) is 0 Å². The van der Waals surface area contributed by atoms with Gasteiger partial charge in [-0.1, -0.05) is 0 Å². The number of hydrogen-bond acceptors (Lipinski definition) is 5. The van der Waals surface area contributed by atoms with Gasteiger partial charge in [-0.05, 0) is 40.5 Å². The normalized spacial score (nSPS) is 23.9. The minimum atomic E-state index is -0.637. The molecule has 1 aliphatic rings. The molecule has 20 heavy (non-hydrogen) atoms. The van der Waals surface area contributed by atoms with Gasteiger partial charge < -0.3 is 19.5 Å². The molecular weight excluding hydrogens is 262 g/mol. The highest BCUT2D eigenvalue weighted by Crippen LogP contribution is 2.20. The van der Waals surface area contributed by atoms with E-state index in [0.717, 1.165) is 0 Å². The first-order valence-electron chi connectivity index (χ1n) is 7.05. The molecule has 1 amide bonds. The molecule has 0 aromatic carbocycles. The molecule has 6 heteroatoms. The van der Waals surface area contributed by atoms with E-state index in [2.05, 4.69) is 0 Å². The van der Waals surface area contributed by atoms with Crippen LogP contribution in [0, 0.1) is 5.92 Å². The molecule has 1 fully saturated rings. The van der Waals surface area contributed by atoms with Crippen LogP contribution in [-0.4, -0.2) is 53.5 Å². The van der Waals surface area contributed by atoms with E-state index >= 15 is 0 Å². The van der Waals surface area contributed by atoms with Crippen molar-refractivity contribution in [3.05, 3.63) is 0 Å². The summed E-state index contributed by atoms with van der Waals surface area (Å²) in [7, 11) is 0. The Hall–Kier alpha value is -1.30. The van der Waals surface area contributed by atoms with Crippen LogP contribution in [0.25, 0.3) is 0 Å². The van der Waals surface area contributed by atoms with Crippen LogP contribution < -0.4 is 0 Å². The Kier molecular flexibility index (Phi) is 5.80. The maximum Gasteiger partial charge on any atom is 0.410 e. The molecule has 0 spiro atoms. The Morgan fingerprint density at radius 2 is 1.90 bits per heavy atom. The third kappa shape index (κ3) is 5.36. The van der Waals surface area contributed by atoms with Crippen molar-refractivity contribution in [2.24, 2.45) is 5.92 Å². The first-order valence-corrected chi connectivity index (χ1v) is 7.05. The fourth-order valence-corrected chi connectivity index (χ4v) is 2.10. The quantitative estimate of drug-likeness (QED) is 0.780. The number of β-amino-alcohol motifs (C(OH)–C–C–N with tert-alkyl or cyclic N) is 1. The third-order valence-electron chi connectivity index (χ3n) is 2.99. The lowest BCUT2D eigenvalue weighted by molar-refractivity contribution is -0.148. The maximum absolute atomic E-state index is 12.1. The molecule has 1 N–H and O–H groups in total. The fourth-order valence-electron chi connectivity index (χ4n) is 2.10. The van der Waals surface area contributed by atoms with E-state index in [-0.39, 0.29) is 19.1 Å². The summed E-state index contributed by atoms with van der Waals surface area (Å²) in [5.74, 6) is -0.727. The van der Waals surface area contributed by atoms with Gasteiger partial charge in [-0.15, -0.1) is 0 Å². The average molecular weight is 287 g/mol. The van der Waals surface area contributed by atoms with Crippen LogP contribution in [0.2, 0.25) is 0 Å². The Labute approximate surface area is 120 Å². The number of esters is 1. The number of nitrogens with zero attached hydrogens (tertiary/aromatic N) is 1. The van der Waals surface area contributed by atoms with E-state index < -0.39 is 23.7 Å². The third-order valence-corrected chi connectivity index (χ3v) is 2.99. The number of aliphatic hydroxyl groups excluding tert-OH is 1. The molecule has 0 saturated carbocycles. The van der Waals surface area contributed by atoms with Crippen molar-refractivity contribution in [3.8, 4) is 0 Å². The fraction of sp³-hybridized carbons (Fsp3) is 0.857. The molecule has 2 unspecified atom stereocenters. The molecule has 0 aliphatic carbocycles. The van der Waals surface area contributed by atoms with Crippen LogP contribution in [0.1, 0.15) is 40.5 Å². The number of amides is 1. The van der Waals surface area contributed by atoms with Gasteiger partial charge in [0.05, 0.1) is 18.6 Å². The molecule has 0 bridgehead atoms. The van der Waals surface area contributed by atoms with Crippen molar-refractivity contribution in [1.29, 1.82) is 0 Å². The summed E-state index contributed by atoms with van der Waals surface area (Å²) < 4.78 is 10.3. The summed E-state index contributed by atoms with van der Waals surface area (Å²) in [6, 6.07) is 0. The van der Waals surface area contributed by atoms with Crippen molar-refractivity contribution in [2.75, 3.05) is 19.7 Å². The number of likely N-dealkylation sites (tertiary alicyclic amines) is 1. The number of carbonyl (C=O) groups is 2. The van der Waals surface area contributed by atoms with Gasteiger partial charge in [0.15, 0.2) is 0 Å². The average Bonchev–Trinajstić information content (AvgIpc) is 2.49. The zero-order valence-corrected chi connectivity index (χ0v) is 12.7. The largest absolute Gasteiger partial charge is 0.466 e. The molecule has 0 aromatic heterocycles. The second-order valence-corrected chi connectivity index (χ2v) is 6.07. The van der Waals surface area contributed by atoms with Crippen LogP contribution in [0.3, 0.4) is 0 Å². The molecule has 0 radical (unpaired) electrons. The first-order chi connectivity index (χ1) is 9.23. The topological polar surface area (TPSA) is 76.1 Å². The van der Waals surface area contributed by atoms with E-state index in [9.17, 15) is 14.7 Å². The second kappa shape index (κ2) is 6.92. The smallest absolute Gasteiger partial charge is 0.410 e. The van der Waals surface area contributed by atoms with Crippen LogP contribution in [-0.2, 0) is 14.3 Å². The summed E-state index contributed by atoms with van der Waals surface area (Å²) in [4.78, 5) is 25.3. The van der Waals surface area contributed by atoms with Gasteiger partial charge in [0.2, 0.25) is 0 Å². The molecule has 0 aromatic rings. The van der Waals surface area contributed by atoms with E-state index in [1.54, 1.807) is 27.7 Å². The minimum absolute atomic E-state index is 0.185. The molecule has 1 rings (SSSR count). The van der Waals surface area contributed by atoms with Crippen molar-refractivity contribution < 1.29 is 24.2 Å². The van der Waals surface area contributed by atoms with Crippen molar-refractivity contribution in [3.63, 3.8) is 0 Å². The summed E-state index contributed by atoms with van der Waals surface area (Å²) in [5.41, 5.74) is -0.603. The second-order valence-electron chi connectivity index (χ2n) is 6.07. The van der Waals surface area contributed by atoms with Crippen molar-refractivity contribution in [1.82, 2.24) is 4.90 Å². The van der Waals surface area contributed by atoms with Crippen molar-refractivity contribution >= 4 is 12.1 Å². The van der Waals surface area contributed by atoms with Gasteiger partial charge in [0, 0.05) is 13.1 Å². The van der Waals surface area contributed by atoms with Crippen LogP contribution >= 0.6 is 0 Å². The van der Waals surface area contributed by atoms with Gasteiger partial charge in [0.1, 0.15) is 5.60 Å². The van der Waals surface area contributed by atoms with E-state index in [1.807, 2.05) is 0 Å². The summed E-state index contributed by atoms with van der Waals surface area (Å²) in [6.07, 6.45) is -0.156. The lowest BCUT2D eigenvalue weighted by Gasteiger charge is -2.28. The minimum Gasteiger partial charge on any atom is -0.466 e. The van der Waals surface area contributed by atoms with Crippen LogP contribution in [0.5, 0.6) is 0 Å². The van der Waals surface area contributed by atoms with E-state index in [0.29, 0.717) is 19.4 Å². The Morgan fingerprint density at radius 1 is 1.25 bits per heavy atom. The number of rotatable bonds is 2. The van der Waals surface area contributed by atoms with Gasteiger partial charge in [-0.3, -0.25) is 4.79 Å². The van der Waals surface area contributed by atoms with Crippen molar-refractivity contribution in [2.45, 2.75) is 52.2 Å². The summed E-state index contributed by atoms with van der Waals surface area (Å²) >= 11 is 0. The van der Waals surface area contributed by atoms with Gasteiger partial charge in [-0.2, -0.15) is 0 Å². The number of hydrogen-bond donors (Lipinski definition) is 1. The molecular formula is C14H25NO5. The highest BCUT2D eigenvalue weighted by Gasteiger charge is 2.32. The van der Waals surface area contributed by atoms with E-state index in [1.165, 1.54) is 4.90 Å². The SMILES string of the molecule is CCOC(=O)C1CCC(O)CN(C(=O)OC(C)(C)C)C1. The van der Waals surface area contributed by atoms with Gasteiger partial charge in [-0.25, -0.2) is 4.79 Å². The Balaban J connectivity index is 2.73. The predicted octanol–water partition coefficient (Wildman–Crippen LogP) is 1.56. The lowest BCUT2D eigenvalue weighted by Crippen LogP contribution is -2.42. The Bertz CT molecular complexity index is 350. The standard InChI is InChI=1S/C14H25NO5/c1-5-19-12(17)10-6-7-11(16)9-15(8-10)13(18)20-14(2,3)4/h10-11,16H,5-9H2,1-4H3. The zero-order chi connectivity index (χ0) is 15.3. The molecule has 2 atom stereocenters. The number of aliphatic hydroxyl groups is 1. The lowest BCUT2D eigenvalue weighted by atomic mass is 10.0. The summed E-state index contributed by atoms with van der Waals surface area (Å²) in [6.45, 7) is 7.81. The van der Waals surface area contributed by atoms with Gasteiger partial charge >= 0.3 is 12.1 Å². The van der Waals surface area contributed by atoms with Crippen LogP contribution in [0.15, 0.2) is 0 Å². The number of carbonyl (C=O) groups excluding carboxylic acids is 2. The summed E-state index contributed by atoms with van der Waals surface area (Å²) in [5, 5.41) is 9.83. The van der Waals surface area contributed by atoms with E-state index in [4.69, 9.17) is 9.47 Å². The highest BCUT2D eigenvalue weighted by atomic mass is 16.6. The van der Waals surface area contributed by atoms with Crippen LogP contribution in [0.4, 0.5) is 4.79 Å². The molecule has 1 aliphatic heterocycles. The molecule has 1 saturated heterocycles. The first kappa shape index (κ1) is 16.8. The highest BCUT2D eigenvalue weighted by molar-refractivity contribution is 5.74. The predicted molar refractivity (Wildman–Crippen MR) is 73.2 cm³/mol. The monoisotopic (exact) mass is 287 g/mol. The molecule has 1 heterocycles. The molecule has 116 valence electrons. The maximum atomic E-state index is 12.1. The number of ether oxygens (including phenoxy) is 2. The Morgan fingerprint density at radius 3 is 2.45 bits per heavy atom. The molecule has 6 nitrogen and oxygen atoms in total. The zero-order valence-electron chi connectivity index (χ0n) is 12.7.